The fraction of sp³-hybridized carbons (Fsp3) is 0.600. The molecule has 0 bridgehead atoms. The molecule has 1 N–H and O–H groups in total. The van der Waals surface area contributed by atoms with Gasteiger partial charge >= 0.3 is 0 Å². The van der Waals surface area contributed by atoms with Crippen LogP contribution in [0.1, 0.15) is 37.3 Å². The third-order valence-electron chi connectivity index (χ3n) is 3.80. The molecule has 1 aliphatic rings. The lowest BCUT2D eigenvalue weighted by Gasteiger charge is -2.37. The molecule has 0 radical (unpaired) electrons. The van der Waals surface area contributed by atoms with Gasteiger partial charge in [-0.15, -0.1) is 0 Å². The normalized spacial score (nSPS) is 16.2. The predicted molar refractivity (Wildman–Crippen MR) is 71.0 cm³/mol. The maximum Gasteiger partial charge on any atom is 0.0558 e. The van der Waals surface area contributed by atoms with Crippen molar-refractivity contribution in [3.8, 4) is 0 Å². The molecule has 1 aliphatic carbocycles. The van der Waals surface area contributed by atoms with Gasteiger partial charge in [0.15, 0.2) is 0 Å². The molecule has 2 heteroatoms. The van der Waals surface area contributed by atoms with Crippen LogP contribution in [0, 0.1) is 0 Å². The first-order chi connectivity index (χ1) is 8.33. The molecule has 0 spiro atoms. The summed E-state index contributed by atoms with van der Waals surface area (Å²) in [6.07, 6.45) is 5.05. The van der Waals surface area contributed by atoms with Gasteiger partial charge in [0.2, 0.25) is 0 Å². The Labute approximate surface area is 104 Å². The number of nitrogens with zero attached hydrogens (tertiary/aromatic N) is 1. The summed E-state index contributed by atoms with van der Waals surface area (Å²) in [6, 6.07) is 9.58. The third kappa shape index (κ3) is 3.30. The first kappa shape index (κ1) is 12.6. The maximum atomic E-state index is 9.12. The van der Waals surface area contributed by atoms with Crippen molar-refractivity contribution < 1.29 is 5.11 Å². The van der Waals surface area contributed by atoms with E-state index in [2.05, 4.69) is 36.1 Å². The number of aryl methyl sites for hydroxylation is 1. The van der Waals surface area contributed by atoms with E-state index in [4.69, 9.17) is 5.11 Å². The van der Waals surface area contributed by atoms with Crippen LogP contribution in [0.15, 0.2) is 24.3 Å². The fourth-order valence-corrected chi connectivity index (χ4v) is 2.39. The molecule has 1 saturated carbocycles. The summed E-state index contributed by atoms with van der Waals surface area (Å²) >= 11 is 0. The lowest BCUT2D eigenvalue weighted by molar-refractivity contribution is 0.0945. The summed E-state index contributed by atoms with van der Waals surface area (Å²) in [5.41, 5.74) is 2.76. The highest BCUT2D eigenvalue weighted by Crippen LogP contribution is 2.25. The lowest BCUT2D eigenvalue weighted by atomic mass is 9.91. The van der Waals surface area contributed by atoms with Crippen LogP contribution in [-0.4, -0.2) is 29.2 Å². The minimum atomic E-state index is 0.267. The molecule has 1 fully saturated rings. The SMILES string of the molecule is CCc1ccc(CN(CCO)C2CCC2)cc1. The van der Waals surface area contributed by atoms with Gasteiger partial charge in [0.25, 0.3) is 0 Å². The van der Waals surface area contributed by atoms with Crippen LogP contribution in [0.3, 0.4) is 0 Å². The minimum absolute atomic E-state index is 0.267. The van der Waals surface area contributed by atoms with Crippen molar-refractivity contribution in [3.05, 3.63) is 35.4 Å². The zero-order valence-electron chi connectivity index (χ0n) is 10.7. The number of hydrogen-bond donors (Lipinski definition) is 1. The van der Waals surface area contributed by atoms with Crippen molar-refractivity contribution in [2.24, 2.45) is 0 Å². The Kier molecular flexibility index (Phi) is 4.57. The molecule has 0 atom stereocenters. The first-order valence-corrected chi connectivity index (χ1v) is 6.76. The van der Waals surface area contributed by atoms with E-state index in [1.54, 1.807) is 0 Å². The van der Waals surface area contributed by atoms with Gasteiger partial charge in [-0.25, -0.2) is 0 Å². The van der Waals surface area contributed by atoms with Gasteiger partial charge in [0.05, 0.1) is 6.61 Å². The van der Waals surface area contributed by atoms with Gasteiger partial charge in [-0.1, -0.05) is 37.6 Å². The molecule has 1 aromatic rings. The van der Waals surface area contributed by atoms with E-state index < -0.39 is 0 Å². The standard InChI is InChI=1S/C15H23NO/c1-2-13-6-8-14(9-7-13)12-16(10-11-17)15-4-3-5-15/h6-9,15,17H,2-5,10-12H2,1H3. The van der Waals surface area contributed by atoms with Gasteiger partial charge in [-0.2, -0.15) is 0 Å². The van der Waals surface area contributed by atoms with E-state index in [1.165, 1.54) is 30.4 Å². The van der Waals surface area contributed by atoms with Crippen LogP contribution in [0.5, 0.6) is 0 Å². The molecule has 0 heterocycles. The molecular weight excluding hydrogens is 210 g/mol. The molecular formula is C15H23NO. The van der Waals surface area contributed by atoms with E-state index in [9.17, 15) is 0 Å². The number of aliphatic hydroxyl groups is 1. The predicted octanol–water partition coefficient (Wildman–Crippen LogP) is 2.60. The first-order valence-electron chi connectivity index (χ1n) is 6.76. The summed E-state index contributed by atoms with van der Waals surface area (Å²) in [4.78, 5) is 2.42. The van der Waals surface area contributed by atoms with E-state index >= 15 is 0 Å². The van der Waals surface area contributed by atoms with Crippen molar-refractivity contribution >= 4 is 0 Å². The summed E-state index contributed by atoms with van der Waals surface area (Å²) in [7, 11) is 0. The minimum Gasteiger partial charge on any atom is -0.395 e. The molecule has 0 unspecified atom stereocenters. The lowest BCUT2D eigenvalue weighted by Crippen LogP contribution is -2.41. The van der Waals surface area contributed by atoms with E-state index in [0.29, 0.717) is 6.04 Å². The van der Waals surface area contributed by atoms with Crippen molar-refractivity contribution in [1.29, 1.82) is 0 Å². The highest BCUT2D eigenvalue weighted by Gasteiger charge is 2.24. The van der Waals surface area contributed by atoms with Gasteiger partial charge in [-0.05, 0) is 30.4 Å². The van der Waals surface area contributed by atoms with Gasteiger partial charge < -0.3 is 5.11 Å². The van der Waals surface area contributed by atoms with Gasteiger partial charge in [0.1, 0.15) is 0 Å². The Morgan fingerprint density at radius 1 is 1.18 bits per heavy atom. The molecule has 2 rings (SSSR count). The Morgan fingerprint density at radius 3 is 2.29 bits per heavy atom. The van der Waals surface area contributed by atoms with Crippen molar-refractivity contribution in [2.45, 2.75) is 45.2 Å². The summed E-state index contributed by atoms with van der Waals surface area (Å²) in [5, 5.41) is 9.12. The molecule has 0 aromatic heterocycles. The second-order valence-corrected chi connectivity index (χ2v) is 4.95. The quantitative estimate of drug-likeness (QED) is 0.816. The van der Waals surface area contributed by atoms with E-state index in [0.717, 1.165) is 19.5 Å². The average Bonchev–Trinajstić information content (AvgIpc) is 2.28. The zero-order valence-corrected chi connectivity index (χ0v) is 10.7. The monoisotopic (exact) mass is 233 g/mol. The van der Waals surface area contributed by atoms with Crippen LogP contribution in [0.2, 0.25) is 0 Å². The number of aliphatic hydroxyl groups excluding tert-OH is 1. The molecule has 94 valence electrons. The number of rotatable bonds is 6. The molecule has 1 aromatic carbocycles. The van der Waals surface area contributed by atoms with Gasteiger partial charge in [0, 0.05) is 19.1 Å². The van der Waals surface area contributed by atoms with Crippen LogP contribution < -0.4 is 0 Å². The van der Waals surface area contributed by atoms with Gasteiger partial charge in [-0.3, -0.25) is 4.90 Å². The Balaban J connectivity index is 1.95. The summed E-state index contributed by atoms with van der Waals surface area (Å²) in [6.45, 7) is 4.24. The van der Waals surface area contributed by atoms with Crippen molar-refractivity contribution in [1.82, 2.24) is 4.90 Å². The topological polar surface area (TPSA) is 23.5 Å². The van der Waals surface area contributed by atoms with E-state index in [-0.39, 0.29) is 6.61 Å². The number of benzene rings is 1. The molecule has 0 amide bonds. The number of hydrogen-bond acceptors (Lipinski definition) is 2. The van der Waals surface area contributed by atoms with E-state index in [1.807, 2.05) is 0 Å². The van der Waals surface area contributed by atoms with Crippen molar-refractivity contribution in [2.75, 3.05) is 13.2 Å². The Hall–Kier alpha value is -0.860. The highest BCUT2D eigenvalue weighted by atomic mass is 16.3. The average molecular weight is 233 g/mol. The second kappa shape index (κ2) is 6.18. The smallest absolute Gasteiger partial charge is 0.0558 e. The highest BCUT2D eigenvalue weighted by molar-refractivity contribution is 5.22. The van der Waals surface area contributed by atoms with Crippen molar-refractivity contribution in [3.63, 3.8) is 0 Å². The Bertz CT molecular complexity index is 329. The third-order valence-corrected chi connectivity index (χ3v) is 3.80. The summed E-state index contributed by atoms with van der Waals surface area (Å²) in [5.74, 6) is 0. The molecule has 0 aliphatic heterocycles. The zero-order chi connectivity index (χ0) is 12.1. The van der Waals surface area contributed by atoms with Crippen LogP contribution in [0.4, 0.5) is 0 Å². The largest absolute Gasteiger partial charge is 0.395 e. The van der Waals surface area contributed by atoms with Crippen LogP contribution in [0.25, 0.3) is 0 Å². The Morgan fingerprint density at radius 2 is 1.82 bits per heavy atom. The molecule has 17 heavy (non-hydrogen) atoms. The molecule has 0 saturated heterocycles. The molecule has 2 nitrogen and oxygen atoms in total. The maximum absolute atomic E-state index is 9.12. The van der Waals surface area contributed by atoms with Crippen LogP contribution in [-0.2, 0) is 13.0 Å². The summed E-state index contributed by atoms with van der Waals surface area (Å²) < 4.78 is 0. The second-order valence-electron chi connectivity index (χ2n) is 4.95. The fourth-order valence-electron chi connectivity index (χ4n) is 2.39. The van der Waals surface area contributed by atoms with Crippen LogP contribution >= 0.6 is 0 Å².